The van der Waals surface area contributed by atoms with Crippen LogP contribution in [0.25, 0.3) is 11.3 Å². The molecule has 1 heterocycles. The highest BCUT2D eigenvalue weighted by atomic mass is 79.9. The Morgan fingerprint density at radius 1 is 1.07 bits per heavy atom. The summed E-state index contributed by atoms with van der Waals surface area (Å²) in [6.07, 6.45) is -1.02. The first-order chi connectivity index (χ1) is 13.0. The number of hydrogen-bond acceptors (Lipinski definition) is 4. The van der Waals surface area contributed by atoms with Gasteiger partial charge in [0.2, 0.25) is 6.10 Å². The summed E-state index contributed by atoms with van der Waals surface area (Å²) in [5, 5.41) is 6.84. The zero-order valence-corrected chi connectivity index (χ0v) is 16.4. The van der Waals surface area contributed by atoms with Crippen molar-refractivity contribution in [1.29, 1.82) is 0 Å². The molecule has 0 fully saturated rings. The zero-order valence-electron chi connectivity index (χ0n) is 14.8. The molecule has 27 heavy (non-hydrogen) atoms. The van der Waals surface area contributed by atoms with Gasteiger partial charge in [0.05, 0.1) is 5.69 Å². The average Bonchev–Trinajstić information content (AvgIpc) is 3.17. The Labute approximate surface area is 165 Å². The summed E-state index contributed by atoms with van der Waals surface area (Å²) < 4.78 is 6.46. The molecule has 7 heteroatoms. The van der Waals surface area contributed by atoms with Gasteiger partial charge in [-0.2, -0.15) is 5.10 Å². The lowest BCUT2D eigenvalue weighted by Crippen LogP contribution is -2.31. The van der Waals surface area contributed by atoms with Crippen LogP contribution in [0.5, 0.6) is 0 Å². The SMILES string of the molecule is CN(C)C(=O)C(OC(=O)c1cc(-c2ccc(Br)cc2)n[nH]1)c1ccccc1. The second-order valence-corrected chi connectivity index (χ2v) is 7.02. The maximum absolute atomic E-state index is 12.6. The van der Waals surface area contributed by atoms with E-state index < -0.39 is 12.1 Å². The molecule has 0 spiro atoms. The predicted molar refractivity (Wildman–Crippen MR) is 105 cm³/mol. The van der Waals surface area contributed by atoms with Gasteiger partial charge in [0.15, 0.2) is 0 Å². The number of likely N-dealkylation sites (N-methyl/N-ethyl adjacent to an activating group) is 1. The molecule has 0 aliphatic heterocycles. The van der Waals surface area contributed by atoms with Crippen molar-refractivity contribution in [3.8, 4) is 11.3 Å². The van der Waals surface area contributed by atoms with Crippen molar-refractivity contribution >= 4 is 27.8 Å². The number of halogens is 1. The van der Waals surface area contributed by atoms with Gasteiger partial charge in [-0.25, -0.2) is 4.79 Å². The summed E-state index contributed by atoms with van der Waals surface area (Å²) in [5.41, 5.74) is 2.26. The Morgan fingerprint density at radius 3 is 2.37 bits per heavy atom. The molecule has 1 amide bonds. The van der Waals surface area contributed by atoms with E-state index in [9.17, 15) is 9.59 Å². The molecule has 0 aliphatic rings. The maximum atomic E-state index is 12.6. The molecule has 0 aliphatic carbocycles. The molecule has 1 atom stereocenters. The van der Waals surface area contributed by atoms with Crippen LogP contribution >= 0.6 is 15.9 Å². The zero-order chi connectivity index (χ0) is 19.4. The summed E-state index contributed by atoms with van der Waals surface area (Å²) in [4.78, 5) is 26.5. The lowest BCUT2D eigenvalue weighted by molar-refractivity contribution is -0.138. The number of rotatable bonds is 5. The third-order valence-corrected chi connectivity index (χ3v) is 4.46. The van der Waals surface area contributed by atoms with E-state index in [0.29, 0.717) is 11.3 Å². The molecule has 0 radical (unpaired) electrons. The van der Waals surface area contributed by atoms with Crippen LogP contribution < -0.4 is 0 Å². The van der Waals surface area contributed by atoms with Crippen LogP contribution in [0.15, 0.2) is 65.1 Å². The first kappa shape index (κ1) is 18.8. The second kappa shape index (κ2) is 8.18. The fourth-order valence-corrected chi connectivity index (χ4v) is 2.75. The monoisotopic (exact) mass is 427 g/mol. The number of carbonyl (C=O) groups excluding carboxylic acids is 2. The summed E-state index contributed by atoms with van der Waals surface area (Å²) in [6.45, 7) is 0. The van der Waals surface area contributed by atoms with Crippen molar-refractivity contribution < 1.29 is 14.3 Å². The van der Waals surface area contributed by atoms with Crippen LogP contribution in [-0.4, -0.2) is 41.1 Å². The van der Waals surface area contributed by atoms with Gasteiger partial charge in [-0.3, -0.25) is 9.89 Å². The number of amides is 1. The molecule has 6 nitrogen and oxygen atoms in total. The van der Waals surface area contributed by atoms with Crippen molar-refractivity contribution in [2.45, 2.75) is 6.10 Å². The molecule has 0 saturated carbocycles. The molecule has 1 N–H and O–H groups in total. The summed E-state index contributed by atoms with van der Waals surface area (Å²) in [5.74, 6) is -0.961. The normalized spacial score (nSPS) is 11.7. The van der Waals surface area contributed by atoms with Crippen molar-refractivity contribution in [3.63, 3.8) is 0 Å². The quantitative estimate of drug-likeness (QED) is 0.627. The molecular weight excluding hydrogens is 410 g/mol. The van der Waals surface area contributed by atoms with Gasteiger partial charge in [0.1, 0.15) is 5.69 Å². The minimum Gasteiger partial charge on any atom is -0.443 e. The van der Waals surface area contributed by atoms with Crippen LogP contribution in [0.4, 0.5) is 0 Å². The number of esters is 1. The van der Waals surface area contributed by atoms with Gasteiger partial charge < -0.3 is 9.64 Å². The van der Waals surface area contributed by atoms with Crippen LogP contribution in [0.3, 0.4) is 0 Å². The van der Waals surface area contributed by atoms with E-state index in [-0.39, 0.29) is 11.6 Å². The molecule has 1 aromatic heterocycles. The maximum Gasteiger partial charge on any atom is 0.357 e. The van der Waals surface area contributed by atoms with E-state index in [1.54, 1.807) is 44.4 Å². The Morgan fingerprint density at radius 2 is 1.74 bits per heavy atom. The second-order valence-electron chi connectivity index (χ2n) is 6.10. The summed E-state index contributed by atoms with van der Waals surface area (Å²) in [6, 6.07) is 18.1. The third-order valence-electron chi connectivity index (χ3n) is 3.93. The minimum absolute atomic E-state index is 0.181. The molecule has 1 unspecified atom stereocenters. The largest absolute Gasteiger partial charge is 0.443 e. The fraction of sp³-hybridized carbons (Fsp3) is 0.150. The molecule has 3 aromatic rings. The van der Waals surface area contributed by atoms with E-state index in [2.05, 4.69) is 26.1 Å². The highest BCUT2D eigenvalue weighted by Gasteiger charge is 2.27. The highest BCUT2D eigenvalue weighted by molar-refractivity contribution is 9.10. The van der Waals surface area contributed by atoms with E-state index in [4.69, 9.17) is 4.74 Å². The standard InChI is InChI=1S/C20H18BrN3O3/c1-24(2)19(25)18(14-6-4-3-5-7-14)27-20(26)17-12-16(22-23-17)13-8-10-15(21)11-9-13/h3-12,18H,1-2H3,(H,22,23). The van der Waals surface area contributed by atoms with E-state index in [1.165, 1.54) is 4.90 Å². The molecule has 138 valence electrons. The molecular formula is C20H18BrN3O3. The van der Waals surface area contributed by atoms with Gasteiger partial charge in [-0.15, -0.1) is 0 Å². The van der Waals surface area contributed by atoms with Crippen molar-refractivity contribution in [2.24, 2.45) is 0 Å². The van der Waals surface area contributed by atoms with Crippen molar-refractivity contribution in [2.75, 3.05) is 14.1 Å². The van der Waals surface area contributed by atoms with Gasteiger partial charge in [0, 0.05) is 29.7 Å². The topological polar surface area (TPSA) is 75.3 Å². The number of carbonyl (C=O) groups is 2. The fourth-order valence-electron chi connectivity index (χ4n) is 2.49. The summed E-state index contributed by atoms with van der Waals surface area (Å²) >= 11 is 3.38. The van der Waals surface area contributed by atoms with E-state index in [1.807, 2.05) is 30.3 Å². The molecule has 0 saturated heterocycles. The van der Waals surface area contributed by atoms with Crippen LogP contribution in [-0.2, 0) is 9.53 Å². The Hall–Kier alpha value is -2.93. The molecule has 3 rings (SSSR count). The first-order valence-electron chi connectivity index (χ1n) is 8.24. The number of aromatic nitrogens is 2. The van der Waals surface area contributed by atoms with Gasteiger partial charge in [0.25, 0.3) is 5.91 Å². The van der Waals surface area contributed by atoms with E-state index in [0.717, 1.165) is 10.0 Å². The number of hydrogen-bond donors (Lipinski definition) is 1. The summed E-state index contributed by atoms with van der Waals surface area (Å²) in [7, 11) is 3.24. The number of ether oxygens (including phenoxy) is 1. The molecule has 2 aromatic carbocycles. The Kier molecular flexibility index (Phi) is 5.71. The van der Waals surface area contributed by atoms with Gasteiger partial charge >= 0.3 is 5.97 Å². The minimum atomic E-state index is -1.02. The molecule has 0 bridgehead atoms. The number of H-pyrrole nitrogens is 1. The van der Waals surface area contributed by atoms with Crippen molar-refractivity contribution in [3.05, 3.63) is 76.4 Å². The number of aromatic amines is 1. The van der Waals surface area contributed by atoms with Crippen LogP contribution in [0.1, 0.15) is 22.2 Å². The van der Waals surface area contributed by atoms with Crippen LogP contribution in [0.2, 0.25) is 0 Å². The van der Waals surface area contributed by atoms with E-state index >= 15 is 0 Å². The first-order valence-corrected chi connectivity index (χ1v) is 9.03. The number of nitrogens with one attached hydrogen (secondary N) is 1. The lowest BCUT2D eigenvalue weighted by atomic mass is 10.1. The van der Waals surface area contributed by atoms with Gasteiger partial charge in [-0.05, 0) is 18.2 Å². The smallest absolute Gasteiger partial charge is 0.357 e. The van der Waals surface area contributed by atoms with Crippen molar-refractivity contribution in [1.82, 2.24) is 15.1 Å². The Balaban J connectivity index is 1.82. The average molecular weight is 428 g/mol. The van der Waals surface area contributed by atoms with Crippen LogP contribution in [0, 0.1) is 0 Å². The van der Waals surface area contributed by atoms with Gasteiger partial charge in [-0.1, -0.05) is 58.4 Å². The Bertz CT molecular complexity index is 937. The number of benzene rings is 2. The third kappa shape index (κ3) is 4.43. The highest BCUT2D eigenvalue weighted by Crippen LogP contribution is 2.23. The lowest BCUT2D eigenvalue weighted by Gasteiger charge is -2.20. The predicted octanol–water partition coefficient (Wildman–Crippen LogP) is 3.83. The number of nitrogens with zero attached hydrogens (tertiary/aromatic N) is 2.